The van der Waals surface area contributed by atoms with Gasteiger partial charge in [-0.2, -0.15) is 4.57 Å². The van der Waals surface area contributed by atoms with E-state index in [4.69, 9.17) is 4.42 Å². The van der Waals surface area contributed by atoms with Gasteiger partial charge in [-0.15, -0.1) is 0 Å². The van der Waals surface area contributed by atoms with Crippen molar-refractivity contribution in [3.8, 4) is 28.2 Å². The third-order valence-electron chi connectivity index (χ3n) is 10.4. The van der Waals surface area contributed by atoms with Gasteiger partial charge in [-0.3, -0.25) is 0 Å². The lowest BCUT2D eigenvalue weighted by Crippen LogP contribution is -2.52. The van der Waals surface area contributed by atoms with Crippen molar-refractivity contribution in [3.05, 3.63) is 120 Å². The standard InChI is InChI=1S/C45H47N2O/c1-9-23-45(8)35-27-41-33(32-24-29(28-43(2,3)4)19-22-40(32)48-41)26-34(35)42-46(38-17-13-14-18-39(38)47(42)45)37-21-20-31(25-36(37)44(5,6)7)30-15-11-10-12-16-30/h10-22,24-27H,9,23,28H2,1-8H3/q+1. The van der Waals surface area contributed by atoms with Gasteiger partial charge in [-0.25, -0.2) is 4.57 Å². The molecule has 0 amide bonds. The van der Waals surface area contributed by atoms with Gasteiger partial charge < -0.3 is 4.42 Å². The molecule has 0 N–H and O–H groups in total. The third kappa shape index (κ3) is 4.73. The van der Waals surface area contributed by atoms with Crippen LogP contribution in [0.3, 0.4) is 0 Å². The molecule has 0 saturated carbocycles. The summed E-state index contributed by atoms with van der Waals surface area (Å²) >= 11 is 0. The molecule has 5 aromatic carbocycles. The molecule has 2 aromatic heterocycles. The lowest BCUT2D eigenvalue weighted by Gasteiger charge is -2.23. The van der Waals surface area contributed by atoms with Gasteiger partial charge in [-0.1, -0.05) is 109 Å². The summed E-state index contributed by atoms with van der Waals surface area (Å²) in [4.78, 5) is 0. The van der Waals surface area contributed by atoms with E-state index in [0.29, 0.717) is 0 Å². The van der Waals surface area contributed by atoms with Gasteiger partial charge in [0.15, 0.2) is 11.0 Å². The molecule has 1 atom stereocenters. The number of imidazole rings is 1. The number of benzene rings is 5. The molecule has 0 fully saturated rings. The lowest BCUT2D eigenvalue weighted by molar-refractivity contribution is -0.712. The number of furan rings is 1. The van der Waals surface area contributed by atoms with Gasteiger partial charge in [-0.05, 0) is 95.8 Å². The van der Waals surface area contributed by atoms with Crippen LogP contribution in [-0.2, 0) is 17.4 Å². The molecule has 0 spiro atoms. The minimum absolute atomic E-state index is 0.0780. The van der Waals surface area contributed by atoms with E-state index >= 15 is 0 Å². The van der Waals surface area contributed by atoms with Gasteiger partial charge in [0.05, 0.1) is 5.56 Å². The summed E-state index contributed by atoms with van der Waals surface area (Å²) in [6, 6.07) is 38.4. The number of aromatic nitrogens is 2. The summed E-state index contributed by atoms with van der Waals surface area (Å²) in [5, 5.41) is 2.40. The van der Waals surface area contributed by atoms with Crippen LogP contribution in [0.25, 0.3) is 61.2 Å². The Labute approximate surface area is 284 Å². The van der Waals surface area contributed by atoms with Gasteiger partial charge in [0, 0.05) is 21.9 Å². The van der Waals surface area contributed by atoms with Crippen molar-refractivity contribution in [2.75, 3.05) is 0 Å². The van der Waals surface area contributed by atoms with E-state index in [-0.39, 0.29) is 16.4 Å². The van der Waals surface area contributed by atoms with Crippen LogP contribution in [0.4, 0.5) is 0 Å². The van der Waals surface area contributed by atoms with Crippen LogP contribution in [-0.4, -0.2) is 4.57 Å². The van der Waals surface area contributed by atoms with Crippen molar-refractivity contribution in [1.29, 1.82) is 0 Å². The maximum absolute atomic E-state index is 6.62. The second-order valence-corrected chi connectivity index (χ2v) is 16.4. The van der Waals surface area contributed by atoms with Gasteiger partial charge in [0.25, 0.3) is 5.82 Å². The molecular formula is C45H47N2O+. The number of nitrogens with zero attached hydrogens (tertiary/aromatic N) is 2. The second kappa shape index (κ2) is 10.7. The molecule has 0 bridgehead atoms. The van der Waals surface area contributed by atoms with E-state index in [2.05, 4.69) is 168 Å². The van der Waals surface area contributed by atoms with E-state index in [0.717, 1.165) is 30.4 Å². The Morgan fingerprint density at radius 3 is 2.19 bits per heavy atom. The zero-order chi connectivity index (χ0) is 33.6. The van der Waals surface area contributed by atoms with Crippen LogP contribution in [0.1, 0.15) is 84.9 Å². The van der Waals surface area contributed by atoms with Crippen molar-refractivity contribution in [2.24, 2.45) is 5.41 Å². The van der Waals surface area contributed by atoms with Crippen LogP contribution in [0, 0.1) is 5.41 Å². The quantitative estimate of drug-likeness (QED) is 0.173. The first-order valence-electron chi connectivity index (χ1n) is 17.6. The number of para-hydroxylation sites is 2. The zero-order valence-electron chi connectivity index (χ0n) is 29.7. The maximum Gasteiger partial charge on any atom is 0.296 e. The smallest absolute Gasteiger partial charge is 0.296 e. The summed E-state index contributed by atoms with van der Waals surface area (Å²) in [5.74, 6) is 1.25. The van der Waals surface area contributed by atoms with Gasteiger partial charge >= 0.3 is 0 Å². The molecule has 48 heavy (non-hydrogen) atoms. The first-order valence-corrected chi connectivity index (χ1v) is 17.6. The molecule has 1 aliphatic rings. The fraction of sp³-hybridized carbons (Fsp3) is 0.311. The van der Waals surface area contributed by atoms with Crippen LogP contribution >= 0.6 is 0 Å². The van der Waals surface area contributed by atoms with E-state index in [9.17, 15) is 0 Å². The van der Waals surface area contributed by atoms with Crippen molar-refractivity contribution in [3.63, 3.8) is 0 Å². The largest absolute Gasteiger partial charge is 0.456 e. The Morgan fingerprint density at radius 1 is 0.729 bits per heavy atom. The highest BCUT2D eigenvalue weighted by Gasteiger charge is 2.50. The number of hydrogen-bond acceptors (Lipinski definition) is 1. The van der Waals surface area contributed by atoms with Crippen molar-refractivity contribution in [2.45, 2.75) is 85.6 Å². The molecule has 242 valence electrons. The SMILES string of the molecule is CCCC1(C)c2cc3oc4ccc(CC(C)(C)C)cc4c3cc2-c2n(-c3ccc(-c4ccccc4)cc3C(C)(C)C)c3ccccc3[n+]21. The Hall–Kier alpha value is -4.63. The van der Waals surface area contributed by atoms with Crippen molar-refractivity contribution < 1.29 is 8.98 Å². The molecule has 3 nitrogen and oxygen atoms in total. The molecule has 0 aliphatic carbocycles. The second-order valence-electron chi connectivity index (χ2n) is 16.4. The van der Waals surface area contributed by atoms with Crippen LogP contribution < -0.4 is 4.57 Å². The molecular weight excluding hydrogens is 585 g/mol. The molecule has 3 heteroatoms. The summed E-state index contributed by atoms with van der Waals surface area (Å²) in [6.07, 6.45) is 3.14. The highest BCUT2D eigenvalue weighted by atomic mass is 16.3. The Bertz CT molecular complexity index is 2360. The Morgan fingerprint density at radius 2 is 1.46 bits per heavy atom. The molecule has 1 unspecified atom stereocenters. The highest BCUT2D eigenvalue weighted by Crippen LogP contribution is 2.48. The van der Waals surface area contributed by atoms with E-state index in [1.165, 1.54) is 66.7 Å². The highest BCUT2D eigenvalue weighted by molar-refractivity contribution is 6.07. The fourth-order valence-electron chi connectivity index (χ4n) is 8.37. The summed E-state index contributed by atoms with van der Waals surface area (Å²) in [7, 11) is 0. The average molecular weight is 632 g/mol. The van der Waals surface area contributed by atoms with Crippen LogP contribution in [0.2, 0.25) is 0 Å². The predicted octanol–water partition coefficient (Wildman–Crippen LogP) is 11.9. The summed E-state index contributed by atoms with van der Waals surface area (Å²) in [5.41, 5.74) is 13.4. The minimum Gasteiger partial charge on any atom is -0.456 e. The maximum atomic E-state index is 6.62. The van der Waals surface area contributed by atoms with E-state index < -0.39 is 0 Å². The van der Waals surface area contributed by atoms with Crippen LogP contribution in [0.5, 0.6) is 0 Å². The van der Waals surface area contributed by atoms with E-state index in [1.807, 2.05) is 0 Å². The fourth-order valence-corrected chi connectivity index (χ4v) is 8.37. The molecule has 0 saturated heterocycles. The Balaban J connectivity index is 1.45. The van der Waals surface area contributed by atoms with E-state index in [1.54, 1.807) is 0 Å². The average Bonchev–Trinajstić information content (AvgIpc) is 3.66. The normalized spacial score (nSPS) is 16.2. The van der Waals surface area contributed by atoms with Gasteiger partial charge in [0.2, 0.25) is 0 Å². The predicted molar refractivity (Wildman–Crippen MR) is 201 cm³/mol. The third-order valence-corrected chi connectivity index (χ3v) is 10.4. The number of fused-ring (bicyclic) bond motifs is 8. The minimum atomic E-state index is -0.222. The zero-order valence-corrected chi connectivity index (χ0v) is 29.7. The van der Waals surface area contributed by atoms with Crippen LogP contribution in [0.15, 0.2) is 108 Å². The van der Waals surface area contributed by atoms with Gasteiger partial charge in [0.1, 0.15) is 22.4 Å². The monoisotopic (exact) mass is 631 g/mol. The molecule has 7 aromatic rings. The first-order chi connectivity index (χ1) is 22.9. The molecule has 3 heterocycles. The molecule has 0 radical (unpaired) electrons. The molecule has 1 aliphatic heterocycles. The molecule has 8 rings (SSSR count). The van der Waals surface area contributed by atoms with Crippen molar-refractivity contribution in [1.82, 2.24) is 4.57 Å². The number of hydrogen-bond donors (Lipinski definition) is 0. The topological polar surface area (TPSA) is 21.9 Å². The summed E-state index contributed by atoms with van der Waals surface area (Å²) in [6.45, 7) is 18.7. The number of rotatable bonds is 5. The Kier molecular flexibility index (Phi) is 6.83. The lowest BCUT2D eigenvalue weighted by atomic mass is 9.83. The van der Waals surface area contributed by atoms with Crippen molar-refractivity contribution >= 4 is 33.0 Å². The first kappa shape index (κ1) is 30.7. The summed E-state index contributed by atoms with van der Waals surface area (Å²) < 4.78 is 11.8.